The minimum Gasteiger partial charge on any atom is -0.493 e. The Morgan fingerprint density at radius 3 is 2.53 bits per heavy atom. The van der Waals surface area contributed by atoms with Crippen LogP contribution in [-0.4, -0.2) is 60.2 Å². The molecule has 2 heterocycles. The van der Waals surface area contributed by atoms with Gasteiger partial charge in [-0.15, -0.1) is 24.0 Å². The Morgan fingerprint density at radius 1 is 1.10 bits per heavy atom. The molecule has 1 N–H and O–H groups in total. The molecule has 1 aliphatic carbocycles. The van der Waals surface area contributed by atoms with Crippen molar-refractivity contribution in [1.29, 1.82) is 0 Å². The molecule has 30 heavy (non-hydrogen) atoms. The lowest BCUT2D eigenvalue weighted by Crippen LogP contribution is -2.52. The van der Waals surface area contributed by atoms with Gasteiger partial charge < -0.3 is 19.9 Å². The van der Waals surface area contributed by atoms with Gasteiger partial charge in [0.25, 0.3) is 0 Å². The first-order valence-electron chi connectivity index (χ1n) is 10.6. The van der Waals surface area contributed by atoms with Crippen LogP contribution in [0.4, 0.5) is 5.95 Å². The van der Waals surface area contributed by atoms with E-state index in [9.17, 15) is 0 Å². The van der Waals surface area contributed by atoms with E-state index in [1.165, 1.54) is 12.8 Å². The quantitative estimate of drug-likeness (QED) is 0.343. The second-order valence-electron chi connectivity index (χ2n) is 7.56. The third-order valence-corrected chi connectivity index (χ3v) is 5.29. The molecular formula is C22H31IN6O. The van der Waals surface area contributed by atoms with Crippen molar-refractivity contribution < 1.29 is 4.74 Å². The van der Waals surface area contributed by atoms with Crippen LogP contribution in [0.1, 0.15) is 25.3 Å². The monoisotopic (exact) mass is 522 g/mol. The summed E-state index contributed by atoms with van der Waals surface area (Å²) in [6.07, 6.45) is 6.18. The molecule has 4 rings (SSSR count). The Morgan fingerprint density at radius 2 is 1.83 bits per heavy atom. The average Bonchev–Trinajstić information content (AvgIpc) is 3.61. The number of benzene rings is 1. The number of halogens is 1. The summed E-state index contributed by atoms with van der Waals surface area (Å²) in [5.41, 5.74) is 1.14. The van der Waals surface area contributed by atoms with E-state index in [0.717, 1.165) is 68.5 Å². The molecule has 162 valence electrons. The van der Waals surface area contributed by atoms with E-state index in [1.807, 2.05) is 12.1 Å². The lowest BCUT2D eigenvalue weighted by molar-refractivity contribution is 0.297. The number of hydrogen-bond donors (Lipinski definition) is 1. The van der Waals surface area contributed by atoms with Crippen LogP contribution in [0.2, 0.25) is 0 Å². The van der Waals surface area contributed by atoms with E-state index < -0.39 is 0 Å². The predicted molar refractivity (Wildman–Crippen MR) is 131 cm³/mol. The molecular weight excluding hydrogens is 491 g/mol. The summed E-state index contributed by atoms with van der Waals surface area (Å²) >= 11 is 0. The molecule has 0 radical (unpaired) electrons. The van der Waals surface area contributed by atoms with E-state index >= 15 is 0 Å². The summed E-state index contributed by atoms with van der Waals surface area (Å²) < 4.78 is 6.04. The minimum atomic E-state index is 0. The van der Waals surface area contributed by atoms with Gasteiger partial charge in [-0.2, -0.15) is 0 Å². The van der Waals surface area contributed by atoms with E-state index in [-0.39, 0.29) is 24.0 Å². The molecule has 2 fully saturated rings. The van der Waals surface area contributed by atoms with Crippen LogP contribution in [0.15, 0.2) is 47.7 Å². The molecule has 0 amide bonds. The smallest absolute Gasteiger partial charge is 0.225 e. The Labute approximate surface area is 196 Å². The SMILES string of the molecule is CCNC(=NCc1ccccc1OCC1CC1)N1CCN(c2ncccn2)CC1.I. The molecule has 0 unspecified atom stereocenters. The number of ether oxygens (including phenoxy) is 1. The van der Waals surface area contributed by atoms with Crippen LogP contribution in [0, 0.1) is 5.92 Å². The highest BCUT2D eigenvalue weighted by Crippen LogP contribution is 2.30. The topological polar surface area (TPSA) is 65.9 Å². The highest BCUT2D eigenvalue weighted by molar-refractivity contribution is 14.0. The van der Waals surface area contributed by atoms with Gasteiger partial charge in [-0.3, -0.25) is 0 Å². The van der Waals surface area contributed by atoms with Crippen molar-refractivity contribution in [2.75, 3.05) is 44.2 Å². The largest absolute Gasteiger partial charge is 0.493 e. The molecule has 1 aromatic carbocycles. The molecule has 7 nitrogen and oxygen atoms in total. The number of nitrogens with one attached hydrogen (secondary N) is 1. The summed E-state index contributed by atoms with van der Waals surface area (Å²) in [5.74, 6) is 3.47. The maximum Gasteiger partial charge on any atom is 0.225 e. The minimum absolute atomic E-state index is 0. The number of piperazine rings is 1. The predicted octanol–water partition coefficient (Wildman–Crippen LogP) is 3.17. The van der Waals surface area contributed by atoms with Crippen LogP contribution in [-0.2, 0) is 6.54 Å². The molecule has 2 aliphatic rings. The fourth-order valence-corrected chi connectivity index (χ4v) is 3.43. The highest BCUT2D eigenvalue weighted by atomic mass is 127. The lowest BCUT2D eigenvalue weighted by Gasteiger charge is -2.36. The van der Waals surface area contributed by atoms with Crippen LogP contribution < -0.4 is 15.0 Å². The van der Waals surface area contributed by atoms with E-state index in [1.54, 1.807) is 12.4 Å². The van der Waals surface area contributed by atoms with Crippen molar-refractivity contribution in [3.8, 4) is 5.75 Å². The standard InChI is InChI=1S/C22H30N6O.HI/c1-2-23-21(27-12-14-28(15-13-27)22-24-10-5-11-25-22)26-16-19-6-3-4-7-20(19)29-17-18-8-9-18;/h3-7,10-11,18H,2,8-9,12-17H2,1H3,(H,23,26);1H. The van der Waals surface area contributed by atoms with Crippen LogP contribution in [0.25, 0.3) is 0 Å². The van der Waals surface area contributed by atoms with Crippen LogP contribution in [0.3, 0.4) is 0 Å². The second-order valence-corrected chi connectivity index (χ2v) is 7.56. The van der Waals surface area contributed by atoms with Gasteiger partial charge in [-0.1, -0.05) is 18.2 Å². The third kappa shape index (κ3) is 6.20. The first-order chi connectivity index (χ1) is 14.3. The zero-order valence-electron chi connectivity index (χ0n) is 17.5. The number of aliphatic imine (C=N–C) groups is 1. The lowest BCUT2D eigenvalue weighted by atomic mass is 10.2. The Bertz CT molecular complexity index is 806. The van der Waals surface area contributed by atoms with Crippen molar-refractivity contribution in [3.05, 3.63) is 48.3 Å². The molecule has 8 heteroatoms. The van der Waals surface area contributed by atoms with Crippen LogP contribution in [0.5, 0.6) is 5.75 Å². The molecule has 1 aromatic heterocycles. The van der Waals surface area contributed by atoms with Gasteiger partial charge in [0.1, 0.15) is 5.75 Å². The first kappa shape index (κ1) is 22.6. The summed E-state index contributed by atoms with van der Waals surface area (Å²) in [6, 6.07) is 10.1. The zero-order chi connectivity index (χ0) is 19.9. The highest BCUT2D eigenvalue weighted by Gasteiger charge is 2.23. The Hall–Kier alpha value is -2.10. The van der Waals surface area contributed by atoms with Crippen molar-refractivity contribution in [2.45, 2.75) is 26.3 Å². The molecule has 2 aromatic rings. The van der Waals surface area contributed by atoms with Gasteiger partial charge in [0.15, 0.2) is 5.96 Å². The fraction of sp³-hybridized carbons (Fsp3) is 0.500. The number of hydrogen-bond acceptors (Lipinski definition) is 5. The summed E-state index contributed by atoms with van der Waals surface area (Å²) in [6.45, 7) is 7.95. The first-order valence-corrected chi connectivity index (χ1v) is 10.6. The average molecular weight is 522 g/mol. The maximum absolute atomic E-state index is 6.04. The number of anilines is 1. The summed E-state index contributed by atoms with van der Waals surface area (Å²) in [4.78, 5) is 18.2. The van der Waals surface area contributed by atoms with Gasteiger partial charge in [0.05, 0.1) is 13.2 Å². The molecule has 0 atom stereocenters. The van der Waals surface area contributed by atoms with E-state index in [2.05, 4.69) is 50.2 Å². The zero-order valence-corrected chi connectivity index (χ0v) is 19.9. The third-order valence-electron chi connectivity index (χ3n) is 5.29. The number of aromatic nitrogens is 2. The van der Waals surface area contributed by atoms with E-state index in [0.29, 0.717) is 6.54 Å². The van der Waals surface area contributed by atoms with Crippen molar-refractivity contribution in [2.24, 2.45) is 10.9 Å². The Balaban J connectivity index is 0.00000256. The van der Waals surface area contributed by atoms with Gasteiger partial charge in [0, 0.05) is 50.7 Å². The molecule has 1 aliphatic heterocycles. The molecule has 0 bridgehead atoms. The second kappa shape index (κ2) is 11.3. The Kier molecular flexibility index (Phi) is 8.53. The van der Waals surface area contributed by atoms with Gasteiger partial charge in [-0.05, 0) is 37.8 Å². The maximum atomic E-state index is 6.04. The molecule has 1 saturated carbocycles. The van der Waals surface area contributed by atoms with Crippen molar-refractivity contribution >= 4 is 35.9 Å². The summed E-state index contributed by atoms with van der Waals surface area (Å²) in [7, 11) is 0. The molecule has 0 spiro atoms. The van der Waals surface area contributed by atoms with Crippen molar-refractivity contribution in [1.82, 2.24) is 20.2 Å². The van der Waals surface area contributed by atoms with Crippen LogP contribution >= 0.6 is 24.0 Å². The number of para-hydroxylation sites is 1. The summed E-state index contributed by atoms with van der Waals surface area (Å²) in [5, 5.41) is 3.44. The van der Waals surface area contributed by atoms with Gasteiger partial charge in [-0.25, -0.2) is 15.0 Å². The number of rotatable bonds is 7. The number of nitrogens with zero attached hydrogens (tertiary/aromatic N) is 5. The van der Waals surface area contributed by atoms with Crippen molar-refractivity contribution in [3.63, 3.8) is 0 Å². The van der Waals surface area contributed by atoms with Gasteiger partial charge >= 0.3 is 0 Å². The van der Waals surface area contributed by atoms with Gasteiger partial charge in [0.2, 0.25) is 5.95 Å². The fourth-order valence-electron chi connectivity index (χ4n) is 3.43. The number of guanidine groups is 1. The molecule has 1 saturated heterocycles. The normalized spacial score (nSPS) is 16.8. The van der Waals surface area contributed by atoms with E-state index in [4.69, 9.17) is 9.73 Å².